The summed E-state index contributed by atoms with van der Waals surface area (Å²) >= 11 is 0. The lowest BCUT2D eigenvalue weighted by molar-refractivity contribution is 0.0471. The van der Waals surface area contributed by atoms with Crippen molar-refractivity contribution in [3.05, 3.63) is 47.4 Å². The topological polar surface area (TPSA) is 157 Å². The van der Waals surface area contributed by atoms with E-state index in [1.807, 2.05) is 39.8 Å². The minimum atomic E-state index is -4.16. The average Bonchev–Trinajstić information content (AvgIpc) is 3.33. The summed E-state index contributed by atoms with van der Waals surface area (Å²) in [5.74, 6) is 0.360. The summed E-state index contributed by atoms with van der Waals surface area (Å²) in [5.41, 5.74) is -0.275. The Balaban J connectivity index is 1.61. The highest BCUT2D eigenvalue weighted by Gasteiger charge is 2.34. The second-order valence-corrected chi connectivity index (χ2v) is 11.4. The molecule has 1 amide bonds. The van der Waals surface area contributed by atoms with E-state index in [1.165, 1.54) is 17.0 Å². The van der Waals surface area contributed by atoms with Gasteiger partial charge in [0.2, 0.25) is 0 Å². The number of furan rings is 1. The molecule has 2 aromatic rings. The quantitative estimate of drug-likeness (QED) is 0.451. The van der Waals surface area contributed by atoms with Crippen LogP contribution in [0.1, 0.15) is 61.5 Å². The molecule has 0 saturated carbocycles. The van der Waals surface area contributed by atoms with Crippen molar-refractivity contribution in [3.8, 4) is 5.75 Å². The summed E-state index contributed by atoms with van der Waals surface area (Å²) in [6.45, 7) is 8.37. The van der Waals surface area contributed by atoms with Crippen molar-refractivity contribution >= 4 is 33.5 Å². The van der Waals surface area contributed by atoms with Crippen molar-refractivity contribution in [1.29, 1.82) is 0 Å². The molecule has 1 aromatic heterocycles. The molecule has 2 aliphatic rings. The monoisotopic (exact) mass is 517 g/mol. The normalized spacial score (nSPS) is 20.5. The molecule has 12 heteroatoms. The van der Waals surface area contributed by atoms with Gasteiger partial charge in [0.15, 0.2) is 17.4 Å². The summed E-state index contributed by atoms with van der Waals surface area (Å²) in [4.78, 5) is 14.5. The van der Waals surface area contributed by atoms with Crippen molar-refractivity contribution in [3.63, 3.8) is 0 Å². The van der Waals surface area contributed by atoms with Crippen LogP contribution in [0, 0.1) is 12.3 Å². The van der Waals surface area contributed by atoms with Gasteiger partial charge < -0.3 is 30.2 Å². The molecule has 2 atom stereocenters. The fourth-order valence-electron chi connectivity index (χ4n) is 4.23. The second-order valence-electron chi connectivity index (χ2n) is 10.1. The van der Waals surface area contributed by atoms with Crippen molar-refractivity contribution in [2.75, 3.05) is 18.4 Å². The minimum absolute atomic E-state index is 0.0284. The van der Waals surface area contributed by atoms with E-state index in [4.69, 9.17) is 4.42 Å². The van der Waals surface area contributed by atoms with Gasteiger partial charge in [-0.2, -0.15) is 8.42 Å². The number of aliphatic hydroxyl groups excluding tert-OH is 1. The molecule has 1 saturated heterocycles. The number of rotatable bonds is 4. The van der Waals surface area contributed by atoms with Crippen LogP contribution in [0.5, 0.6) is 5.75 Å². The molecular formula is C24H31N5O6S. The SMILES string of the molecule is Cc1ccc(C(NC2=NS(=O)(=O)N=C2Nc2cccc(C(=O)N3CCCC(O)C3)c2O)C(C)(C)C)o1. The van der Waals surface area contributed by atoms with Gasteiger partial charge in [-0.1, -0.05) is 26.8 Å². The van der Waals surface area contributed by atoms with E-state index in [9.17, 15) is 23.4 Å². The van der Waals surface area contributed by atoms with Crippen molar-refractivity contribution in [1.82, 2.24) is 10.2 Å². The summed E-state index contributed by atoms with van der Waals surface area (Å²) in [6, 6.07) is 7.71. The highest BCUT2D eigenvalue weighted by Crippen LogP contribution is 2.35. The lowest BCUT2D eigenvalue weighted by Gasteiger charge is -2.31. The summed E-state index contributed by atoms with van der Waals surface area (Å²) in [5, 5.41) is 26.7. The lowest BCUT2D eigenvalue weighted by Crippen LogP contribution is -2.42. The molecular weight excluding hydrogens is 486 g/mol. The molecule has 1 fully saturated rings. The second kappa shape index (κ2) is 9.58. The number of phenolic OH excluding ortho intramolecular Hbond substituents is 1. The number of carbonyl (C=O) groups excluding carboxylic acids is 1. The van der Waals surface area contributed by atoms with E-state index in [0.717, 1.165) is 0 Å². The standard InChI is InChI=1S/C24H31N5O6S/c1-14-10-11-18(35-14)20(24(2,3)4)26-22-21(27-36(33,34)28-22)25-17-9-5-8-16(19(17)31)23(32)29-12-6-7-15(30)13-29/h5,8-11,15,20,30-31H,6-7,12-13H2,1-4H3,(H,25,27)(H,26,28). The Morgan fingerprint density at radius 2 is 1.92 bits per heavy atom. The van der Waals surface area contributed by atoms with E-state index in [2.05, 4.69) is 19.4 Å². The number of aliphatic hydroxyl groups is 1. The largest absolute Gasteiger partial charge is 0.505 e. The first-order valence-electron chi connectivity index (χ1n) is 11.7. The fraction of sp³-hybridized carbons (Fsp3) is 0.458. The van der Waals surface area contributed by atoms with Gasteiger partial charge in [0.1, 0.15) is 11.5 Å². The highest BCUT2D eigenvalue weighted by atomic mass is 32.2. The fourth-order valence-corrected chi connectivity index (χ4v) is 5.00. The maximum absolute atomic E-state index is 13.0. The van der Waals surface area contributed by atoms with Gasteiger partial charge in [-0.25, -0.2) is 0 Å². The first-order valence-corrected chi connectivity index (χ1v) is 13.1. The number of phenols is 1. The molecule has 194 valence electrons. The number of nitrogens with one attached hydrogen (secondary N) is 2. The van der Waals surface area contributed by atoms with Gasteiger partial charge in [0.05, 0.1) is 23.4 Å². The number of anilines is 1. The van der Waals surface area contributed by atoms with E-state index >= 15 is 0 Å². The highest BCUT2D eigenvalue weighted by molar-refractivity contribution is 7.89. The molecule has 0 aliphatic carbocycles. The third kappa shape index (κ3) is 5.54. The summed E-state index contributed by atoms with van der Waals surface area (Å²) in [6.07, 6.45) is 0.673. The van der Waals surface area contributed by atoms with Gasteiger partial charge in [0, 0.05) is 13.1 Å². The Bertz CT molecular complexity index is 1320. The van der Waals surface area contributed by atoms with Crippen LogP contribution in [0.15, 0.2) is 43.5 Å². The molecule has 2 unspecified atom stereocenters. The predicted octanol–water partition coefficient (Wildman–Crippen LogP) is 2.73. The third-order valence-corrected chi connectivity index (χ3v) is 6.86. The number of hydrogen-bond acceptors (Lipinski definition) is 8. The Labute approximate surface area is 210 Å². The molecule has 4 N–H and O–H groups in total. The number of piperidine rings is 1. The number of carbonyl (C=O) groups is 1. The van der Waals surface area contributed by atoms with E-state index in [0.29, 0.717) is 30.9 Å². The van der Waals surface area contributed by atoms with Crippen LogP contribution in [-0.4, -0.2) is 60.3 Å². The van der Waals surface area contributed by atoms with Crippen molar-refractivity contribution in [2.45, 2.75) is 52.7 Å². The number of likely N-dealkylation sites (tertiary alicyclic amines) is 1. The zero-order valence-corrected chi connectivity index (χ0v) is 21.5. The smallest absolute Gasteiger partial charge is 0.367 e. The zero-order chi connectivity index (χ0) is 26.3. The number of benzene rings is 1. The predicted molar refractivity (Wildman–Crippen MR) is 135 cm³/mol. The molecule has 0 bridgehead atoms. The maximum Gasteiger partial charge on any atom is 0.367 e. The number of aromatic hydroxyl groups is 1. The van der Waals surface area contributed by atoms with Crippen LogP contribution < -0.4 is 10.6 Å². The molecule has 11 nitrogen and oxygen atoms in total. The van der Waals surface area contributed by atoms with E-state index in [1.54, 1.807) is 6.07 Å². The molecule has 3 heterocycles. The van der Waals surface area contributed by atoms with Crippen LogP contribution in [0.2, 0.25) is 0 Å². The number of nitrogens with zero attached hydrogens (tertiary/aromatic N) is 3. The van der Waals surface area contributed by atoms with Crippen molar-refractivity contribution < 1.29 is 27.8 Å². The lowest BCUT2D eigenvalue weighted by atomic mass is 9.85. The maximum atomic E-state index is 13.0. The molecule has 2 aliphatic heterocycles. The molecule has 0 spiro atoms. The molecule has 1 aromatic carbocycles. The molecule has 4 rings (SSSR count). The van der Waals surface area contributed by atoms with Crippen molar-refractivity contribution in [2.24, 2.45) is 14.2 Å². The Morgan fingerprint density at radius 3 is 2.56 bits per heavy atom. The van der Waals surface area contributed by atoms with Gasteiger partial charge in [-0.05, 0) is 49.4 Å². The summed E-state index contributed by atoms with van der Waals surface area (Å²) in [7, 11) is -4.16. The first-order chi connectivity index (χ1) is 16.8. The van der Waals surface area contributed by atoms with E-state index < -0.39 is 33.7 Å². The van der Waals surface area contributed by atoms with Gasteiger partial charge in [-0.3, -0.25) is 4.79 Å². The van der Waals surface area contributed by atoms with Gasteiger partial charge in [-0.15, -0.1) is 8.80 Å². The Hall–Kier alpha value is -3.38. The number of aryl methyl sites for hydroxylation is 1. The first kappa shape index (κ1) is 25.7. The number of hydrogen-bond donors (Lipinski definition) is 4. The zero-order valence-electron chi connectivity index (χ0n) is 20.6. The molecule has 0 radical (unpaired) electrons. The average molecular weight is 518 g/mol. The third-order valence-electron chi connectivity index (χ3n) is 6.03. The van der Waals surface area contributed by atoms with Crippen LogP contribution in [0.25, 0.3) is 0 Å². The number of amides is 1. The number of amidine groups is 2. The van der Waals surface area contributed by atoms with Gasteiger partial charge >= 0.3 is 10.2 Å². The Kier molecular flexibility index (Phi) is 6.84. The molecule has 36 heavy (non-hydrogen) atoms. The number of para-hydroxylation sites is 1. The van der Waals surface area contributed by atoms with Crippen LogP contribution >= 0.6 is 0 Å². The van der Waals surface area contributed by atoms with Crippen LogP contribution in [-0.2, 0) is 10.2 Å². The van der Waals surface area contributed by atoms with E-state index in [-0.39, 0.29) is 35.2 Å². The number of β-amino-alcohol motifs (C(OH)–C–C–N with tert-alkyl or cyclic N) is 1. The summed E-state index contributed by atoms with van der Waals surface area (Å²) < 4.78 is 37.8. The van der Waals surface area contributed by atoms with Crippen LogP contribution in [0.4, 0.5) is 5.69 Å². The minimum Gasteiger partial charge on any atom is -0.505 e. The Morgan fingerprint density at radius 1 is 1.19 bits per heavy atom. The van der Waals surface area contributed by atoms with Gasteiger partial charge in [0.25, 0.3) is 5.91 Å². The van der Waals surface area contributed by atoms with Crippen LogP contribution in [0.3, 0.4) is 0 Å².